The monoisotopic (exact) mass is 457 g/mol. The van der Waals surface area contributed by atoms with Crippen molar-refractivity contribution in [1.29, 1.82) is 0 Å². The minimum Gasteiger partial charge on any atom is -0.465 e. The highest BCUT2D eigenvalue weighted by molar-refractivity contribution is 9.10. The minimum absolute atomic E-state index is 0.0193. The van der Waals surface area contributed by atoms with Gasteiger partial charge < -0.3 is 14.3 Å². The average Bonchev–Trinajstić information content (AvgIpc) is 3.39. The van der Waals surface area contributed by atoms with Gasteiger partial charge in [-0.1, -0.05) is 39.6 Å². The number of nitrogens with zero attached hydrogens (tertiary/aromatic N) is 2. The number of rotatable bonds is 6. The van der Waals surface area contributed by atoms with E-state index in [9.17, 15) is 4.79 Å². The smallest absolute Gasteiger partial charge is 0.273 e. The van der Waals surface area contributed by atoms with Crippen LogP contribution in [0.4, 0.5) is 0 Å². The highest BCUT2D eigenvalue weighted by atomic mass is 79.9. The molecule has 6 nitrogen and oxygen atoms in total. The number of amides is 1. The first kappa shape index (κ1) is 19.9. The SMILES string of the molecule is Cc1ccc(C(CNC(=O)c2cc(-c3ccc(Br)cc3)on2)N2CCCCC2)o1. The van der Waals surface area contributed by atoms with E-state index in [4.69, 9.17) is 8.94 Å². The van der Waals surface area contributed by atoms with Gasteiger partial charge in [-0.25, -0.2) is 0 Å². The van der Waals surface area contributed by atoms with Gasteiger partial charge in [0.25, 0.3) is 5.91 Å². The van der Waals surface area contributed by atoms with Crippen molar-refractivity contribution in [3.05, 3.63) is 64.2 Å². The van der Waals surface area contributed by atoms with Crippen LogP contribution < -0.4 is 5.32 Å². The molecule has 152 valence electrons. The largest absolute Gasteiger partial charge is 0.465 e. The molecular weight excluding hydrogens is 434 g/mol. The van der Waals surface area contributed by atoms with Gasteiger partial charge in [0.15, 0.2) is 11.5 Å². The van der Waals surface area contributed by atoms with Crippen LogP contribution in [0.1, 0.15) is 47.3 Å². The molecule has 1 aromatic carbocycles. The second-order valence-electron chi connectivity index (χ2n) is 7.35. The maximum absolute atomic E-state index is 12.7. The zero-order chi connectivity index (χ0) is 20.2. The molecule has 0 saturated carbocycles. The van der Waals surface area contributed by atoms with E-state index in [2.05, 4.69) is 31.3 Å². The molecule has 0 aliphatic carbocycles. The van der Waals surface area contributed by atoms with E-state index >= 15 is 0 Å². The minimum atomic E-state index is -0.248. The van der Waals surface area contributed by atoms with Crippen LogP contribution in [0.2, 0.25) is 0 Å². The standard InChI is InChI=1S/C22H24BrN3O3/c1-15-5-10-20(28-15)19(26-11-3-2-4-12-26)14-24-22(27)18-13-21(29-25-18)16-6-8-17(23)9-7-16/h5-10,13,19H,2-4,11-12,14H2,1H3,(H,24,27). The second kappa shape index (κ2) is 8.97. The number of hydrogen-bond donors (Lipinski definition) is 1. The molecule has 1 saturated heterocycles. The molecule has 3 aromatic rings. The molecule has 0 bridgehead atoms. The molecule has 0 radical (unpaired) electrons. The number of nitrogens with one attached hydrogen (secondary N) is 1. The first-order chi connectivity index (χ1) is 14.1. The molecule has 1 amide bonds. The number of carbonyl (C=O) groups excluding carboxylic acids is 1. The molecule has 1 aliphatic rings. The highest BCUT2D eigenvalue weighted by Gasteiger charge is 2.26. The Kier molecular flexibility index (Phi) is 6.16. The average molecular weight is 458 g/mol. The van der Waals surface area contributed by atoms with Gasteiger partial charge in [-0.15, -0.1) is 0 Å². The Bertz CT molecular complexity index is 958. The van der Waals surface area contributed by atoms with Crippen molar-refractivity contribution in [2.75, 3.05) is 19.6 Å². The van der Waals surface area contributed by atoms with Gasteiger partial charge in [0, 0.05) is 22.6 Å². The van der Waals surface area contributed by atoms with Crippen molar-refractivity contribution in [3.8, 4) is 11.3 Å². The Hall–Kier alpha value is -2.38. The summed E-state index contributed by atoms with van der Waals surface area (Å²) in [5, 5.41) is 6.95. The van der Waals surface area contributed by atoms with E-state index in [0.717, 1.165) is 34.6 Å². The maximum atomic E-state index is 12.7. The van der Waals surface area contributed by atoms with E-state index in [1.807, 2.05) is 43.3 Å². The molecule has 2 aromatic heterocycles. The quantitative estimate of drug-likeness (QED) is 0.565. The first-order valence-electron chi connectivity index (χ1n) is 9.91. The lowest BCUT2D eigenvalue weighted by atomic mass is 10.1. The topological polar surface area (TPSA) is 71.5 Å². The van der Waals surface area contributed by atoms with E-state index < -0.39 is 0 Å². The molecule has 1 aliphatic heterocycles. The van der Waals surface area contributed by atoms with Crippen molar-refractivity contribution < 1.29 is 13.7 Å². The van der Waals surface area contributed by atoms with Crippen LogP contribution >= 0.6 is 15.9 Å². The summed E-state index contributed by atoms with van der Waals surface area (Å²) in [4.78, 5) is 15.1. The lowest BCUT2D eigenvalue weighted by Gasteiger charge is -2.33. The molecule has 1 unspecified atom stereocenters. The van der Waals surface area contributed by atoms with Gasteiger partial charge in [0.2, 0.25) is 0 Å². The number of hydrogen-bond acceptors (Lipinski definition) is 5. The number of benzene rings is 1. The molecule has 1 atom stereocenters. The van der Waals surface area contributed by atoms with Crippen molar-refractivity contribution >= 4 is 21.8 Å². The second-order valence-corrected chi connectivity index (χ2v) is 8.27. The molecule has 0 spiro atoms. The Morgan fingerprint density at radius 2 is 1.93 bits per heavy atom. The molecule has 7 heteroatoms. The molecule has 29 heavy (non-hydrogen) atoms. The zero-order valence-electron chi connectivity index (χ0n) is 16.4. The summed E-state index contributed by atoms with van der Waals surface area (Å²) in [6, 6.07) is 13.3. The van der Waals surface area contributed by atoms with E-state index in [-0.39, 0.29) is 17.6 Å². The summed E-state index contributed by atoms with van der Waals surface area (Å²) in [7, 11) is 0. The van der Waals surface area contributed by atoms with E-state index in [0.29, 0.717) is 12.3 Å². The zero-order valence-corrected chi connectivity index (χ0v) is 17.9. The highest BCUT2D eigenvalue weighted by Crippen LogP contribution is 2.26. The van der Waals surface area contributed by atoms with Crippen LogP contribution in [0, 0.1) is 6.92 Å². The molecule has 4 rings (SSSR count). The van der Waals surface area contributed by atoms with Crippen LogP contribution in [-0.2, 0) is 0 Å². The van der Waals surface area contributed by atoms with Crippen molar-refractivity contribution in [2.45, 2.75) is 32.2 Å². The van der Waals surface area contributed by atoms with Gasteiger partial charge in [0.1, 0.15) is 11.5 Å². The molecule has 1 N–H and O–H groups in total. The summed E-state index contributed by atoms with van der Waals surface area (Å²) >= 11 is 3.41. The van der Waals surface area contributed by atoms with Crippen LogP contribution in [0.3, 0.4) is 0 Å². The predicted molar refractivity (Wildman–Crippen MR) is 114 cm³/mol. The van der Waals surface area contributed by atoms with Crippen LogP contribution in [-0.4, -0.2) is 35.6 Å². The number of aromatic nitrogens is 1. The van der Waals surface area contributed by atoms with Crippen LogP contribution in [0.15, 0.2) is 55.9 Å². The van der Waals surface area contributed by atoms with Crippen LogP contribution in [0.5, 0.6) is 0 Å². The predicted octanol–water partition coefficient (Wildman–Crippen LogP) is 4.96. The van der Waals surface area contributed by atoms with Crippen LogP contribution in [0.25, 0.3) is 11.3 Å². The summed E-state index contributed by atoms with van der Waals surface area (Å²) in [5.74, 6) is 2.09. The summed E-state index contributed by atoms with van der Waals surface area (Å²) in [5.41, 5.74) is 1.15. The Morgan fingerprint density at radius 1 is 1.17 bits per heavy atom. The van der Waals surface area contributed by atoms with Gasteiger partial charge in [-0.05, 0) is 57.1 Å². The Morgan fingerprint density at radius 3 is 2.62 bits per heavy atom. The Labute approximate surface area is 178 Å². The fourth-order valence-electron chi connectivity index (χ4n) is 3.68. The number of furan rings is 1. The third-order valence-electron chi connectivity index (χ3n) is 5.25. The number of likely N-dealkylation sites (tertiary alicyclic amines) is 1. The number of piperidine rings is 1. The lowest BCUT2D eigenvalue weighted by Crippen LogP contribution is -2.40. The number of aryl methyl sites for hydroxylation is 1. The Balaban J connectivity index is 1.44. The van der Waals surface area contributed by atoms with E-state index in [1.165, 1.54) is 19.3 Å². The van der Waals surface area contributed by atoms with E-state index in [1.54, 1.807) is 6.07 Å². The van der Waals surface area contributed by atoms with Gasteiger partial charge in [-0.2, -0.15) is 0 Å². The van der Waals surface area contributed by atoms with Crippen molar-refractivity contribution in [2.24, 2.45) is 0 Å². The third-order valence-corrected chi connectivity index (χ3v) is 5.78. The summed E-state index contributed by atoms with van der Waals surface area (Å²) in [6.45, 7) is 4.43. The summed E-state index contributed by atoms with van der Waals surface area (Å²) < 4.78 is 12.2. The van der Waals surface area contributed by atoms with Crippen molar-refractivity contribution in [3.63, 3.8) is 0 Å². The lowest BCUT2D eigenvalue weighted by molar-refractivity contribution is 0.0905. The third kappa shape index (κ3) is 4.79. The molecular formula is C22H24BrN3O3. The number of halogens is 1. The fourth-order valence-corrected chi connectivity index (χ4v) is 3.95. The molecule has 3 heterocycles. The fraction of sp³-hybridized carbons (Fsp3) is 0.364. The maximum Gasteiger partial charge on any atom is 0.273 e. The first-order valence-corrected chi connectivity index (χ1v) is 10.7. The van der Waals surface area contributed by atoms with Crippen molar-refractivity contribution in [1.82, 2.24) is 15.4 Å². The van der Waals surface area contributed by atoms with Gasteiger partial charge >= 0.3 is 0 Å². The number of carbonyl (C=O) groups is 1. The normalized spacial score (nSPS) is 15.9. The summed E-state index contributed by atoms with van der Waals surface area (Å²) in [6.07, 6.45) is 3.60. The molecule has 1 fully saturated rings. The van der Waals surface area contributed by atoms with Gasteiger partial charge in [-0.3, -0.25) is 9.69 Å². The van der Waals surface area contributed by atoms with Gasteiger partial charge in [0.05, 0.1) is 6.04 Å².